The number of hydrogen-bond donors (Lipinski definition) is 1. The first kappa shape index (κ1) is 25.5. The molecule has 0 amide bonds. The van der Waals surface area contributed by atoms with E-state index in [-0.39, 0.29) is 22.3 Å². The SMILES string of the molecule is O=C(Cc1ccccc1OC(F)(F)F)c1c(O)c2cccnc2n(-c2cccc(OC(F)(F)F)c2)c1=O. The molecule has 2 aromatic carbocycles. The third-order valence-corrected chi connectivity index (χ3v) is 5.04. The van der Waals surface area contributed by atoms with Crippen molar-refractivity contribution >= 4 is 16.8 Å². The monoisotopic (exact) mass is 524 g/mol. The number of para-hydroxylation sites is 1. The summed E-state index contributed by atoms with van der Waals surface area (Å²) in [6.45, 7) is 0. The van der Waals surface area contributed by atoms with Crippen molar-refractivity contribution < 1.29 is 45.7 Å². The number of Topliss-reactive ketones (excluding diaryl/α,β-unsaturated/α-hetero) is 1. The van der Waals surface area contributed by atoms with Gasteiger partial charge in [0.2, 0.25) is 0 Å². The Morgan fingerprint density at radius 2 is 1.62 bits per heavy atom. The fraction of sp³-hybridized carbons (Fsp3) is 0.125. The molecule has 1 N–H and O–H groups in total. The summed E-state index contributed by atoms with van der Waals surface area (Å²) in [5.74, 6) is -3.20. The molecule has 13 heteroatoms. The maximum atomic E-state index is 13.4. The number of nitrogens with zero attached hydrogens (tertiary/aromatic N) is 2. The minimum Gasteiger partial charge on any atom is -0.506 e. The Hall–Kier alpha value is -4.55. The van der Waals surface area contributed by atoms with Crippen LogP contribution in [0.1, 0.15) is 15.9 Å². The van der Waals surface area contributed by atoms with Gasteiger partial charge < -0.3 is 14.6 Å². The third-order valence-electron chi connectivity index (χ3n) is 5.04. The van der Waals surface area contributed by atoms with Crippen molar-refractivity contribution in [1.29, 1.82) is 0 Å². The largest absolute Gasteiger partial charge is 0.573 e. The normalized spacial score (nSPS) is 11.9. The van der Waals surface area contributed by atoms with Crippen LogP contribution in [0.5, 0.6) is 17.2 Å². The van der Waals surface area contributed by atoms with E-state index >= 15 is 0 Å². The number of aromatic hydroxyl groups is 1. The van der Waals surface area contributed by atoms with Crippen LogP contribution in [0.4, 0.5) is 26.3 Å². The van der Waals surface area contributed by atoms with Crippen molar-refractivity contribution in [2.24, 2.45) is 0 Å². The number of ether oxygens (including phenoxy) is 2. The Morgan fingerprint density at radius 1 is 0.919 bits per heavy atom. The zero-order chi connectivity index (χ0) is 27.0. The van der Waals surface area contributed by atoms with Crippen LogP contribution in [-0.4, -0.2) is 33.2 Å². The molecule has 0 unspecified atom stereocenters. The predicted octanol–water partition coefficient (Wildman–Crippen LogP) is 5.31. The number of pyridine rings is 2. The van der Waals surface area contributed by atoms with Gasteiger partial charge in [0.05, 0.1) is 11.1 Å². The maximum absolute atomic E-state index is 13.4. The van der Waals surface area contributed by atoms with Crippen molar-refractivity contribution in [3.8, 4) is 22.9 Å². The van der Waals surface area contributed by atoms with Gasteiger partial charge in [-0.1, -0.05) is 24.3 Å². The molecule has 0 radical (unpaired) electrons. The molecular weight excluding hydrogens is 510 g/mol. The van der Waals surface area contributed by atoms with Crippen molar-refractivity contribution in [1.82, 2.24) is 9.55 Å². The summed E-state index contributed by atoms with van der Waals surface area (Å²) < 4.78 is 85.1. The van der Waals surface area contributed by atoms with Crippen LogP contribution in [0.3, 0.4) is 0 Å². The predicted molar refractivity (Wildman–Crippen MR) is 117 cm³/mol. The lowest BCUT2D eigenvalue weighted by Gasteiger charge is -2.16. The van der Waals surface area contributed by atoms with Gasteiger partial charge in [-0.15, -0.1) is 26.3 Å². The van der Waals surface area contributed by atoms with Crippen molar-refractivity contribution in [2.45, 2.75) is 19.1 Å². The standard InChI is InChI=1S/C24H14F6N2O5/c25-23(26,27)36-15-7-3-6-14(12-15)32-21-16(8-4-10-31-21)20(34)19(22(32)35)17(33)11-13-5-1-2-9-18(13)37-24(28,29)30/h1-10,12,34H,11H2. The molecule has 4 rings (SSSR count). The first-order valence-electron chi connectivity index (χ1n) is 10.3. The van der Waals surface area contributed by atoms with Gasteiger partial charge in [0.25, 0.3) is 5.56 Å². The van der Waals surface area contributed by atoms with E-state index in [1.54, 1.807) is 0 Å². The van der Waals surface area contributed by atoms with Gasteiger partial charge in [-0.2, -0.15) is 0 Å². The van der Waals surface area contributed by atoms with Crippen LogP contribution in [-0.2, 0) is 6.42 Å². The molecule has 0 bridgehead atoms. The van der Waals surface area contributed by atoms with Crippen molar-refractivity contribution in [2.75, 3.05) is 0 Å². The van der Waals surface area contributed by atoms with Crippen molar-refractivity contribution in [3.05, 3.63) is 88.3 Å². The fourth-order valence-electron chi connectivity index (χ4n) is 3.65. The van der Waals surface area contributed by atoms with Gasteiger partial charge >= 0.3 is 12.7 Å². The van der Waals surface area contributed by atoms with E-state index in [2.05, 4.69) is 14.5 Å². The summed E-state index contributed by atoms with van der Waals surface area (Å²) in [5.41, 5.74) is -2.55. The average Bonchev–Trinajstić information content (AvgIpc) is 2.79. The van der Waals surface area contributed by atoms with Crippen LogP contribution < -0.4 is 15.0 Å². The number of halogens is 6. The zero-order valence-corrected chi connectivity index (χ0v) is 18.3. The topological polar surface area (TPSA) is 90.7 Å². The second-order valence-electron chi connectivity index (χ2n) is 7.54. The highest BCUT2D eigenvalue weighted by Crippen LogP contribution is 2.31. The minimum atomic E-state index is -5.05. The van der Waals surface area contributed by atoms with Crippen LogP contribution >= 0.6 is 0 Å². The summed E-state index contributed by atoms with van der Waals surface area (Å²) in [7, 11) is 0. The number of hydrogen-bond acceptors (Lipinski definition) is 6. The van der Waals surface area contributed by atoms with E-state index in [0.717, 1.165) is 28.8 Å². The number of fused-ring (bicyclic) bond motifs is 1. The Morgan fingerprint density at radius 3 is 2.32 bits per heavy atom. The highest BCUT2D eigenvalue weighted by atomic mass is 19.4. The highest BCUT2D eigenvalue weighted by molar-refractivity contribution is 6.04. The molecule has 7 nitrogen and oxygen atoms in total. The molecule has 192 valence electrons. The molecule has 0 saturated carbocycles. The molecule has 2 heterocycles. The summed E-state index contributed by atoms with van der Waals surface area (Å²) in [4.78, 5) is 30.6. The van der Waals surface area contributed by atoms with Crippen LogP contribution in [0.15, 0.2) is 71.7 Å². The number of ketones is 1. The molecule has 0 aliphatic heterocycles. The third kappa shape index (κ3) is 5.66. The molecule has 0 aliphatic rings. The lowest BCUT2D eigenvalue weighted by atomic mass is 10.0. The van der Waals surface area contributed by atoms with Gasteiger partial charge in [-0.25, -0.2) is 4.98 Å². The summed E-state index contributed by atoms with van der Waals surface area (Å²) in [6, 6.07) is 11.7. The van der Waals surface area contributed by atoms with E-state index in [4.69, 9.17) is 0 Å². The fourth-order valence-corrected chi connectivity index (χ4v) is 3.65. The Bertz CT molecular complexity index is 1550. The molecule has 37 heavy (non-hydrogen) atoms. The number of aromatic nitrogens is 2. The number of alkyl halides is 6. The Labute approximate surface area is 203 Å². The molecule has 2 aromatic heterocycles. The van der Waals surface area contributed by atoms with Gasteiger partial charge in [0, 0.05) is 24.2 Å². The van der Waals surface area contributed by atoms with E-state index in [0.29, 0.717) is 0 Å². The summed E-state index contributed by atoms with van der Waals surface area (Å²) >= 11 is 0. The highest BCUT2D eigenvalue weighted by Gasteiger charge is 2.33. The molecule has 0 aliphatic carbocycles. The van der Waals surface area contributed by atoms with Crippen molar-refractivity contribution in [3.63, 3.8) is 0 Å². The molecule has 0 atom stereocenters. The first-order chi connectivity index (χ1) is 17.3. The zero-order valence-electron chi connectivity index (χ0n) is 18.3. The first-order valence-corrected chi connectivity index (χ1v) is 10.3. The molecular formula is C24H14F6N2O5. The molecule has 0 fully saturated rings. The second-order valence-corrected chi connectivity index (χ2v) is 7.54. The number of carbonyl (C=O) groups excluding carboxylic acids is 1. The van der Waals surface area contributed by atoms with Gasteiger partial charge in [-0.3, -0.25) is 14.2 Å². The number of carbonyl (C=O) groups is 1. The lowest BCUT2D eigenvalue weighted by molar-refractivity contribution is -0.275. The Balaban J connectivity index is 1.86. The smallest absolute Gasteiger partial charge is 0.506 e. The van der Waals surface area contributed by atoms with E-state index < -0.39 is 53.3 Å². The summed E-state index contributed by atoms with van der Waals surface area (Å²) in [6.07, 6.45) is -9.59. The van der Waals surface area contributed by atoms with Gasteiger partial charge in [0.15, 0.2) is 11.4 Å². The Kier molecular flexibility index (Phi) is 6.55. The molecule has 0 saturated heterocycles. The van der Waals surface area contributed by atoms with Gasteiger partial charge in [-0.05, 0) is 30.3 Å². The van der Waals surface area contributed by atoms with Crippen LogP contribution in [0, 0.1) is 0 Å². The van der Waals surface area contributed by atoms with E-state index in [9.17, 15) is 41.0 Å². The maximum Gasteiger partial charge on any atom is 0.573 e. The average molecular weight is 524 g/mol. The minimum absolute atomic E-state index is 0.104. The van der Waals surface area contributed by atoms with Crippen LogP contribution in [0.25, 0.3) is 16.7 Å². The van der Waals surface area contributed by atoms with E-state index in [1.165, 1.54) is 42.6 Å². The second kappa shape index (κ2) is 9.48. The number of rotatable bonds is 6. The van der Waals surface area contributed by atoms with Gasteiger partial charge in [0.1, 0.15) is 22.8 Å². The molecule has 4 aromatic rings. The van der Waals surface area contributed by atoms with E-state index in [1.807, 2.05) is 0 Å². The summed E-state index contributed by atoms with van der Waals surface area (Å²) in [5, 5.41) is 10.7. The lowest BCUT2D eigenvalue weighted by Crippen LogP contribution is -2.27. The quantitative estimate of drug-likeness (QED) is 0.272. The molecule has 0 spiro atoms. The number of benzene rings is 2. The van der Waals surface area contributed by atoms with Crippen LogP contribution in [0.2, 0.25) is 0 Å².